The number of aliphatic hydroxyl groups is 1. The number of rotatable bonds is 14. The fourth-order valence-electron chi connectivity index (χ4n) is 4.22. The Hall–Kier alpha value is -2.41. The highest BCUT2D eigenvalue weighted by atomic mass is 32.2. The fraction of sp³-hybridized carbons (Fsp3) is 0.560. The summed E-state index contributed by atoms with van der Waals surface area (Å²) in [6.45, 7) is 9.78. The highest BCUT2D eigenvalue weighted by Crippen LogP contribution is 2.31. The first-order valence-corrected chi connectivity index (χ1v) is 15.3. The molecular formula is C25H37N5O5S2. The van der Waals surface area contributed by atoms with Crippen molar-refractivity contribution in [2.75, 3.05) is 24.7 Å². The number of H-pyrrole nitrogens is 1. The van der Waals surface area contributed by atoms with E-state index in [9.17, 15) is 18.3 Å². The standard InChI is InChI=1S/C25H37N5O5S2/c1-6-17(7-2)24-26-16(5)22-25(32)27-23(28-30(22)24)20-14-19(10-11-21(20)35-8-3)37(33,34)29-18(15-31)12-13-36-9-4/h10-11,14,17-18,29,31H,6-9,12-13,15H2,1-5H3,(H,27,28,32). The lowest BCUT2D eigenvalue weighted by Gasteiger charge is -2.17. The molecule has 0 aliphatic rings. The van der Waals surface area contributed by atoms with Gasteiger partial charge < -0.3 is 14.8 Å². The Morgan fingerprint density at radius 3 is 2.57 bits per heavy atom. The predicted molar refractivity (Wildman–Crippen MR) is 147 cm³/mol. The van der Waals surface area contributed by atoms with Crippen LogP contribution in [0.2, 0.25) is 0 Å². The first kappa shape index (κ1) is 29.2. The van der Waals surface area contributed by atoms with Crippen LogP contribution in [-0.2, 0) is 10.0 Å². The lowest BCUT2D eigenvalue weighted by atomic mass is 10.0. The van der Waals surface area contributed by atoms with Crippen molar-refractivity contribution in [2.24, 2.45) is 0 Å². The molecule has 1 atom stereocenters. The molecule has 3 rings (SSSR count). The van der Waals surface area contributed by atoms with E-state index in [4.69, 9.17) is 9.84 Å². The van der Waals surface area contributed by atoms with Gasteiger partial charge in [-0.25, -0.2) is 22.6 Å². The van der Waals surface area contributed by atoms with E-state index < -0.39 is 16.1 Å². The Labute approximate surface area is 222 Å². The van der Waals surface area contributed by atoms with Gasteiger partial charge in [-0.1, -0.05) is 20.8 Å². The molecule has 0 saturated carbocycles. The molecule has 2 heterocycles. The molecule has 2 aromatic heterocycles. The van der Waals surface area contributed by atoms with E-state index in [2.05, 4.69) is 28.5 Å². The molecule has 0 radical (unpaired) electrons. The number of nitrogens with one attached hydrogen (secondary N) is 2. The summed E-state index contributed by atoms with van der Waals surface area (Å²) in [5.74, 6) is 3.03. The minimum atomic E-state index is -3.96. The summed E-state index contributed by atoms with van der Waals surface area (Å²) in [5, 5.41) is 14.4. The number of benzene rings is 1. The summed E-state index contributed by atoms with van der Waals surface area (Å²) < 4.78 is 36.4. The molecule has 0 amide bonds. The van der Waals surface area contributed by atoms with Crippen LogP contribution in [0.5, 0.6) is 5.75 Å². The van der Waals surface area contributed by atoms with Crippen LogP contribution in [-0.4, -0.2) is 63.9 Å². The maximum atomic E-state index is 13.2. The normalized spacial score (nSPS) is 12.9. The van der Waals surface area contributed by atoms with Gasteiger partial charge in [0.1, 0.15) is 11.6 Å². The van der Waals surface area contributed by atoms with Gasteiger partial charge in [0.15, 0.2) is 11.3 Å². The predicted octanol–water partition coefficient (Wildman–Crippen LogP) is 3.48. The average Bonchev–Trinajstić information content (AvgIpc) is 3.21. The Kier molecular flexibility index (Phi) is 10.2. The molecule has 37 heavy (non-hydrogen) atoms. The van der Waals surface area contributed by atoms with Gasteiger partial charge in [-0.05, 0) is 62.8 Å². The Balaban J connectivity index is 2.12. The van der Waals surface area contributed by atoms with Crippen LogP contribution in [0.4, 0.5) is 0 Å². The van der Waals surface area contributed by atoms with E-state index in [-0.39, 0.29) is 28.8 Å². The zero-order valence-corrected chi connectivity index (χ0v) is 23.7. The van der Waals surface area contributed by atoms with Crippen molar-refractivity contribution in [1.29, 1.82) is 0 Å². The Morgan fingerprint density at radius 2 is 1.95 bits per heavy atom. The molecule has 1 unspecified atom stereocenters. The number of aliphatic hydroxyl groups excluding tert-OH is 1. The molecule has 1 aromatic carbocycles. The number of ether oxygens (including phenoxy) is 1. The molecule has 0 bridgehead atoms. The van der Waals surface area contributed by atoms with Gasteiger partial charge >= 0.3 is 0 Å². The van der Waals surface area contributed by atoms with Gasteiger partial charge in [-0.15, -0.1) is 5.10 Å². The summed E-state index contributed by atoms with van der Waals surface area (Å²) >= 11 is 1.68. The smallest absolute Gasteiger partial charge is 0.277 e. The summed E-state index contributed by atoms with van der Waals surface area (Å²) in [7, 11) is -3.96. The molecule has 0 spiro atoms. The lowest BCUT2D eigenvalue weighted by Crippen LogP contribution is -2.37. The van der Waals surface area contributed by atoms with Crippen molar-refractivity contribution in [3.8, 4) is 17.1 Å². The second kappa shape index (κ2) is 12.9. The zero-order chi connectivity index (χ0) is 27.2. The van der Waals surface area contributed by atoms with E-state index >= 15 is 0 Å². The monoisotopic (exact) mass is 551 g/mol. The number of nitrogens with zero attached hydrogens (tertiary/aromatic N) is 3. The number of imidazole rings is 1. The molecule has 0 saturated heterocycles. The van der Waals surface area contributed by atoms with Gasteiger partial charge in [-0.3, -0.25) is 4.79 Å². The SMILES string of the molecule is CCOc1ccc(S(=O)(=O)NC(CO)CCSCC)cc1-c1nn2c(C(CC)CC)nc(C)c2c(=O)[nH]1. The molecule has 204 valence electrons. The second-order valence-electron chi connectivity index (χ2n) is 8.71. The number of thioether (sulfide) groups is 1. The molecule has 10 nitrogen and oxygen atoms in total. The third-order valence-corrected chi connectivity index (χ3v) is 8.68. The quantitative estimate of drug-likeness (QED) is 0.259. The van der Waals surface area contributed by atoms with E-state index in [1.807, 2.05) is 13.8 Å². The number of aromatic amines is 1. The Morgan fingerprint density at radius 1 is 1.22 bits per heavy atom. The Bertz CT molecular complexity index is 1370. The van der Waals surface area contributed by atoms with Crippen molar-refractivity contribution in [1.82, 2.24) is 24.3 Å². The van der Waals surface area contributed by atoms with Crippen LogP contribution < -0.4 is 15.0 Å². The van der Waals surface area contributed by atoms with Gasteiger partial charge in [-0.2, -0.15) is 11.8 Å². The molecule has 0 aliphatic carbocycles. The number of aryl methyl sites for hydroxylation is 1. The van der Waals surface area contributed by atoms with Crippen molar-refractivity contribution in [2.45, 2.75) is 70.7 Å². The van der Waals surface area contributed by atoms with Gasteiger partial charge in [0.2, 0.25) is 10.0 Å². The largest absolute Gasteiger partial charge is 0.493 e. The van der Waals surface area contributed by atoms with Gasteiger partial charge in [0.25, 0.3) is 5.56 Å². The highest BCUT2D eigenvalue weighted by Gasteiger charge is 2.24. The zero-order valence-electron chi connectivity index (χ0n) is 22.1. The maximum Gasteiger partial charge on any atom is 0.277 e. The van der Waals surface area contributed by atoms with Crippen LogP contribution >= 0.6 is 11.8 Å². The average molecular weight is 552 g/mol. The van der Waals surface area contributed by atoms with E-state index in [0.717, 1.165) is 24.3 Å². The minimum absolute atomic E-state index is 0.0164. The van der Waals surface area contributed by atoms with E-state index in [1.165, 1.54) is 12.1 Å². The molecule has 3 aromatic rings. The first-order valence-electron chi connectivity index (χ1n) is 12.7. The third-order valence-electron chi connectivity index (χ3n) is 6.22. The maximum absolute atomic E-state index is 13.2. The van der Waals surface area contributed by atoms with Crippen LogP contribution in [0.15, 0.2) is 27.9 Å². The number of fused-ring (bicyclic) bond motifs is 1. The van der Waals surface area contributed by atoms with E-state index in [0.29, 0.717) is 41.4 Å². The molecule has 12 heteroatoms. The highest BCUT2D eigenvalue weighted by molar-refractivity contribution is 7.99. The van der Waals surface area contributed by atoms with Crippen LogP contribution in [0, 0.1) is 6.92 Å². The molecule has 0 aliphatic heterocycles. The van der Waals surface area contributed by atoms with Gasteiger partial charge in [0.05, 0.1) is 29.4 Å². The van der Waals surface area contributed by atoms with Crippen LogP contribution in [0.1, 0.15) is 64.4 Å². The van der Waals surface area contributed by atoms with Crippen molar-refractivity contribution in [3.05, 3.63) is 40.1 Å². The van der Waals surface area contributed by atoms with E-state index in [1.54, 1.807) is 29.3 Å². The second-order valence-corrected chi connectivity index (χ2v) is 11.8. The van der Waals surface area contributed by atoms with Crippen LogP contribution in [0.25, 0.3) is 16.9 Å². The summed E-state index contributed by atoms with van der Waals surface area (Å²) in [4.78, 5) is 20.5. The van der Waals surface area contributed by atoms with Crippen LogP contribution in [0.3, 0.4) is 0 Å². The summed E-state index contributed by atoms with van der Waals surface area (Å²) in [6, 6.07) is 3.83. The summed E-state index contributed by atoms with van der Waals surface area (Å²) in [6.07, 6.45) is 2.18. The number of hydrogen-bond acceptors (Lipinski definition) is 8. The first-order chi connectivity index (χ1) is 17.7. The fourth-order valence-corrected chi connectivity index (χ4v) is 6.25. The third kappa shape index (κ3) is 6.54. The van der Waals surface area contributed by atoms with Gasteiger partial charge in [0, 0.05) is 12.0 Å². The number of sulfonamides is 1. The molecule has 0 fully saturated rings. The molecular weight excluding hydrogens is 514 g/mol. The van der Waals surface area contributed by atoms with Crippen molar-refractivity contribution < 1.29 is 18.3 Å². The lowest BCUT2D eigenvalue weighted by molar-refractivity contribution is 0.254. The topological polar surface area (TPSA) is 139 Å². The van der Waals surface area contributed by atoms with Crippen molar-refractivity contribution >= 4 is 27.3 Å². The molecule has 3 N–H and O–H groups in total. The summed E-state index contributed by atoms with van der Waals surface area (Å²) in [5.41, 5.74) is 0.927. The minimum Gasteiger partial charge on any atom is -0.493 e. The number of aromatic nitrogens is 4. The van der Waals surface area contributed by atoms with Crippen molar-refractivity contribution in [3.63, 3.8) is 0 Å². The number of hydrogen-bond donors (Lipinski definition) is 3.